The van der Waals surface area contributed by atoms with Gasteiger partial charge in [-0.3, -0.25) is 0 Å². The van der Waals surface area contributed by atoms with Gasteiger partial charge in [0.1, 0.15) is 11.9 Å². The van der Waals surface area contributed by atoms with Crippen LogP contribution >= 0.6 is 35.3 Å². The van der Waals surface area contributed by atoms with Crippen molar-refractivity contribution in [3.05, 3.63) is 64.2 Å². The average Bonchev–Trinajstić information content (AvgIpc) is 3.39. The van der Waals surface area contributed by atoms with Gasteiger partial charge in [0, 0.05) is 25.1 Å². The summed E-state index contributed by atoms with van der Waals surface area (Å²) >= 11 is 1.57. The molecule has 0 saturated carbocycles. The van der Waals surface area contributed by atoms with E-state index in [9.17, 15) is 5.11 Å². The van der Waals surface area contributed by atoms with Crippen LogP contribution < -0.4 is 10.6 Å². The minimum Gasteiger partial charge on any atom is -0.444 e. The molecule has 0 aliphatic carbocycles. The first kappa shape index (κ1) is 24.4. The number of nitrogens with zero attached hydrogens (tertiary/aromatic N) is 2. The normalized spacial score (nSPS) is 13.4. The van der Waals surface area contributed by atoms with Crippen LogP contribution in [0.25, 0.3) is 11.5 Å². The molecule has 0 bridgehead atoms. The van der Waals surface area contributed by atoms with E-state index in [2.05, 4.69) is 27.5 Å². The first-order valence-electron chi connectivity index (χ1n) is 9.76. The molecule has 30 heavy (non-hydrogen) atoms. The van der Waals surface area contributed by atoms with Gasteiger partial charge in [0.15, 0.2) is 5.96 Å². The molecule has 162 valence electrons. The number of nitrogens with one attached hydrogen (secondary N) is 2. The second kappa shape index (κ2) is 11.5. The molecule has 0 saturated heterocycles. The van der Waals surface area contributed by atoms with Gasteiger partial charge in [-0.25, -0.2) is 9.98 Å². The van der Waals surface area contributed by atoms with Crippen molar-refractivity contribution < 1.29 is 9.52 Å². The second-order valence-corrected chi connectivity index (χ2v) is 7.95. The largest absolute Gasteiger partial charge is 0.444 e. The number of hydrogen-bond acceptors (Lipinski definition) is 5. The van der Waals surface area contributed by atoms with Crippen molar-refractivity contribution in [1.29, 1.82) is 0 Å². The molecule has 0 aliphatic rings. The van der Waals surface area contributed by atoms with E-state index >= 15 is 0 Å². The molecule has 0 aliphatic heterocycles. The topological polar surface area (TPSA) is 82.7 Å². The quantitative estimate of drug-likeness (QED) is 0.225. The summed E-state index contributed by atoms with van der Waals surface area (Å²) in [7, 11) is 0. The Morgan fingerprint density at radius 3 is 2.67 bits per heavy atom. The number of hydrogen-bond donors (Lipinski definition) is 3. The van der Waals surface area contributed by atoms with Crippen molar-refractivity contribution in [2.45, 2.75) is 32.8 Å². The maximum absolute atomic E-state index is 10.6. The predicted octanol–water partition coefficient (Wildman–Crippen LogP) is 4.33. The van der Waals surface area contributed by atoms with E-state index in [1.54, 1.807) is 24.5 Å². The molecule has 3 aromatic rings. The Morgan fingerprint density at radius 2 is 2.00 bits per heavy atom. The first-order chi connectivity index (χ1) is 14.0. The van der Waals surface area contributed by atoms with Crippen molar-refractivity contribution in [2.24, 2.45) is 4.99 Å². The lowest BCUT2D eigenvalue weighted by atomic mass is 10.00. The Morgan fingerprint density at radius 1 is 1.23 bits per heavy atom. The summed E-state index contributed by atoms with van der Waals surface area (Å²) in [6.07, 6.45) is 2.41. The molecule has 0 radical (unpaired) electrons. The highest BCUT2D eigenvalue weighted by Crippen LogP contribution is 2.23. The lowest BCUT2D eigenvalue weighted by molar-refractivity contribution is 0.0677. The Labute approximate surface area is 198 Å². The number of rotatable bonds is 8. The van der Waals surface area contributed by atoms with Crippen LogP contribution in [0.2, 0.25) is 0 Å². The highest BCUT2D eigenvalue weighted by Gasteiger charge is 2.23. The fourth-order valence-corrected chi connectivity index (χ4v) is 3.58. The molecule has 0 spiro atoms. The Kier molecular flexibility index (Phi) is 9.32. The molecule has 6 nitrogen and oxygen atoms in total. The molecule has 1 atom stereocenters. The zero-order valence-electron chi connectivity index (χ0n) is 17.5. The number of halogens is 1. The number of aliphatic hydroxyl groups is 1. The zero-order valence-corrected chi connectivity index (χ0v) is 20.7. The maximum Gasteiger partial charge on any atom is 0.226 e. The number of aryl methyl sites for hydroxylation is 1. The third-order valence-corrected chi connectivity index (χ3v) is 5.24. The van der Waals surface area contributed by atoms with E-state index in [0.717, 1.165) is 23.4 Å². The molecule has 1 aromatic carbocycles. The molecule has 2 aromatic heterocycles. The Balaban J connectivity index is 0.00000320. The van der Waals surface area contributed by atoms with Gasteiger partial charge in [0.25, 0.3) is 0 Å². The van der Waals surface area contributed by atoms with Gasteiger partial charge in [-0.2, -0.15) is 11.3 Å². The number of oxazole rings is 1. The summed E-state index contributed by atoms with van der Waals surface area (Å²) in [6, 6.07) is 10.0. The van der Waals surface area contributed by atoms with Gasteiger partial charge >= 0.3 is 0 Å². The van der Waals surface area contributed by atoms with E-state index in [1.165, 1.54) is 5.56 Å². The summed E-state index contributed by atoms with van der Waals surface area (Å²) in [4.78, 5) is 9.10. The van der Waals surface area contributed by atoms with Gasteiger partial charge < -0.3 is 20.2 Å². The smallest absolute Gasteiger partial charge is 0.226 e. The molecular weight excluding hydrogens is 511 g/mol. The fourth-order valence-electron chi connectivity index (χ4n) is 2.80. The van der Waals surface area contributed by atoms with Crippen molar-refractivity contribution in [3.63, 3.8) is 0 Å². The van der Waals surface area contributed by atoms with Crippen LogP contribution in [-0.4, -0.2) is 35.7 Å². The molecular formula is C22H29IN4O2S. The van der Waals surface area contributed by atoms with Gasteiger partial charge in [-0.05, 0) is 55.3 Å². The summed E-state index contributed by atoms with van der Waals surface area (Å²) < 4.78 is 5.61. The minimum absolute atomic E-state index is 0. The third-order valence-electron chi connectivity index (χ3n) is 4.56. The molecule has 3 rings (SSSR count). The fraction of sp³-hybridized carbons (Fsp3) is 0.364. The molecule has 8 heteroatoms. The maximum atomic E-state index is 10.6. The lowest BCUT2D eigenvalue weighted by Crippen LogP contribution is -2.39. The highest BCUT2D eigenvalue weighted by molar-refractivity contribution is 14.0. The van der Waals surface area contributed by atoms with Gasteiger partial charge in [0.05, 0.1) is 12.2 Å². The average molecular weight is 540 g/mol. The van der Waals surface area contributed by atoms with E-state index in [0.29, 0.717) is 24.8 Å². The second-order valence-electron chi connectivity index (χ2n) is 7.17. The van der Waals surface area contributed by atoms with Gasteiger partial charge in [0.2, 0.25) is 5.89 Å². The molecule has 1 unspecified atom stereocenters. The van der Waals surface area contributed by atoms with Crippen LogP contribution in [0.15, 0.2) is 56.8 Å². The van der Waals surface area contributed by atoms with Crippen molar-refractivity contribution in [2.75, 3.05) is 19.6 Å². The van der Waals surface area contributed by atoms with Gasteiger partial charge in [-0.1, -0.05) is 17.7 Å². The summed E-state index contributed by atoms with van der Waals surface area (Å²) in [6.45, 7) is 7.53. The lowest BCUT2D eigenvalue weighted by Gasteiger charge is -2.21. The first-order valence-corrected chi connectivity index (χ1v) is 10.7. The number of guanidine groups is 1. The van der Waals surface area contributed by atoms with Crippen LogP contribution in [0, 0.1) is 6.92 Å². The third kappa shape index (κ3) is 6.82. The van der Waals surface area contributed by atoms with E-state index in [-0.39, 0.29) is 30.5 Å². The summed E-state index contributed by atoms with van der Waals surface area (Å²) in [5.41, 5.74) is 2.96. The van der Waals surface area contributed by atoms with Crippen molar-refractivity contribution >= 4 is 41.3 Å². The van der Waals surface area contributed by atoms with Gasteiger partial charge in [-0.15, -0.1) is 24.0 Å². The standard InChI is InChI=1S/C22H28N4O2S.HI/c1-4-23-21(25-15-22(3,27)18-10-12-29-14-18)24-11-9-19-13-28-20(26-19)17-7-5-16(2)6-8-17;/h5-8,10,12-14,27H,4,9,11,15H2,1-3H3,(H2,23,24,25);1H. The summed E-state index contributed by atoms with van der Waals surface area (Å²) in [5, 5.41) is 21.1. The monoisotopic (exact) mass is 540 g/mol. The molecule has 3 N–H and O–H groups in total. The predicted molar refractivity (Wildman–Crippen MR) is 134 cm³/mol. The van der Waals surface area contributed by atoms with Crippen LogP contribution in [-0.2, 0) is 12.0 Å². The number of thiophene rings is 1. The molecule has 0 fully saturated rings. The van der Waals surface area contributed by atoms with Crippen LogP contribution in [0.5, 0.6) is 0 Å². The van der Waals surface area contributed by atoms with Crippen LogP contribution in [0.4, 0.5) is 0 Å². The molecule has 0 amide bonds. The number of aliphatic imine (C=N–C) groups is 1. The zero-order chi connectivity index (χ0) is 20.7. The van der Waals surface area contributed by atoms with Crippen molar-refractivity contribution in [1.82, 2.24) is 15.6 Å². The SMILES string of the molecule is CCNC(=NCC(C)(O)c1ccsc1)NCCc1coc(-c2ccc(C)cc2)n1.I. The molecule has 2 heterocycles. The van der Waals surface area contributed by atoms with E-state index in [1.807, 2.05) is 48.0 Å². The van der Waals surface area contributed by atoms with E-state index in [4.69, 9.17) is 4.42 Å². The van der Waals surface area contributed by atoms with Crippen molar-refractivity contribution in [3.8, 4) is 11.5 Å². The highest BCUT2D eigenvalue weighted by atomic mass is 127. The van der Waals surface area contributed by atoms with Crippen LogP contribution in [0.1, 0.15) is 30.7 Å². The van der Waals surface area contributed by atoms with E-state index < -0.39 is 5.60 Å². The number of aromatic nitrogens is 1. The Hall–Kier alpha value is -1.91. The summed E-state index contributed by atoms with van der Waals surface area (Å²) in [5.74, 6) is 1.30. The number of benzene rings is 1. The minimum atomic E-state index is -0.989. The van der Waals surface area contributed by atoms with Crippen LogP contribution in [0.3, 0.4) is 0 Å². The Bertz CT molecular complexity index is 921.